The van der Waals surface area contributed by atoms with E-state index in [2.05, 4.69) is 25.5 Å². The van der Waals surface area contributed by atoms with E-state index < -0.39 is 20.5 Å². The number of nitrogens with one attached hydrogen (secondary N) is 1. The summed E-state index contributed by atoms with van der Waals surface area (Å²) in [5, 5.41) is 10.9. The lowest BCUT2D eigenvalue weighted by Gasteiger charge is -2.44. The van der Waals surface area contributed by atoms with E-state index in [9.17, 15) is 18.5 Å². The van der Waals surface area contributed by atoms with Crippen molar-refractivity contribution in [1.82, 2.24) is 4.72 Å². The van der Waals surface area contributed by atoms with Crippen LogP contribution in [0.25, 0.3) is 0 Å². The highest BCUT2D eigenvalue weighted by Crippen LogP contribution is 2.46. The van der Waals surface area contributed by atoms with Crippen LogP contribution < -0.4 is 4.72 Å². The molecule has 1 aliphatic carbocycles. The Labute approximate surface area is 172 Å². The first-order valence-corrected chi connectivity index (χ1v) is 11.4. The van der Waals surface area contributed by atoms with Gasteiger partial charge < -0.3 is 0 Å². The molecule has 2 aromatic carbocycles. The molecule has 0 bridgehead atoms. The van der Waals surface area contributed by atoms with Crippen LogP contribution in [0.5, 0.6) is 0 Å². The minimum Gasteiger partial charge on any atom is -0.258 e. The van der Waals surface area contributed by atoms with Gasteiger partial charge in [0.05, 0.1) is 15.4 Å². The van der Waals surface area contributed by atoms with Crippen molar-refractivity contribution in [2.75, 3.05) is 0 Å². The van der Waals surface area contributed by atoms with Crippen molar-refractivity contribution in [2.24, 2.45) is 11.3 Å². The van der Waals surface area contributed by atoms with Gasteiger partial charge in [0.25, 0.3) is 5.69 Å². The number of nitrogens with zero attached hydrogens (tertiary/aromatic N) is 1. The third-order valence-corrected chi connectivity index (χ3v) is 7.63. The molecule has 1 N–H and O–H groups in total. The molecule has 0 heterocycles. The van der Waals surface area contributed by atoms with Crippen LogP contribution in [0.4, 0.5) is 5.69 Å². The Hall–Kier alpha value is -2.25. The number of non-ortho nitro benzene ring substituents is 1. The summed E-state index contributed by atoms with van der Waals surface area (Å²) in [5.41, 5.74) is 0.328. The fraction of sp³-hybridized carbons (Fsp3) is 0.455. The molecule has 1 aliphatic rings. The molecule has 156 valence electrons. The molecule has 0 spiro atoms. The van der Waals surface area contributed by atoms with E-state index in [4.69, 9.17) is 0 Å². The molecule has 7 heteroatoms. The standard InChI is InChI=1S/C22H28N2O4S/c1-21(2,3)17-13-15-22(16-14-17,18-7-5-4-6-8-18)23-29(27,28)20-11-9-19(10-12-20)24(25)26/h4-12,17,23H,13-16H2,1-3H3. The zero-order valence-electron chi connectivity index (χ0n) is 17.1. The third kappa shape index (κ3) is 4.67. The van der Waals surface area contributed by atoms with Gasteiger partial charge >= 0.3 is 0 Å². The topological polar surface area (TPSA) is 89.3 Å². The lowest BCUT2D eigenvalue weighted by molar-refractivity contribution is -0.384. The molecule has 2 aromatic rings. The summed E-state index contributed by atoms with van der Waals surface area (Å²) in [6.45, 7) is 6.69. The predicted molar refractivity (Wildman–Crippen MR) is 113 cm³/mol. The van der Waals surface area contributed by atoms with Gasteiger partial charge in [-0.25, -0.2) is 13.1 Å². The highest BCUT2D eigenvalue weighted by Gasteiger charge is 2.42. The molecule has 0 aliphatic heterocycles. The second-order valence-electron chi connectivity index (χ2n) is 8.94. The fourth-order valence-electron chi connectivity index (χ4n) is 4.25. The summed E-state index contributed by atoms with van der Waals surface area (Å²) in [5.74, 6) is 0.531. The smallest absolute Gasteiger partial charge is 0.258 e. The van der Waals surface area contributed by atoms with Gasteiger partial charge in [0.1, 0.15) is 0 Å². The SMILES string of the molecule is CC(C)(C)C1CCC(NS(=O)(=O)c2ccc([N+](=O)[O-])cc2)(c2ccccc2)CC1. The number of hydrogen-bond donors (Lipinski definition) is 1. The summed E-state index contributed by atoms with van der Waals surface area (Å²) in [4.78, 5) is 10.4. The van der Waals surface area contributed by atoms with Crippen molar-refractivity contribution in [3.05, 3.63) is 70.3 Å². The van der Waals surface area contributed by atoms with E-state index in [1.54, 1.807) is 0 Å². The van der Waals surface area contributed by atoms with Gasteiger partial charge in [0.2, 0.25) is 10.0 Å². The minimum absolute atomic E-state index is 0.0383. The molecule has 3 rings (SSSR count). The normalized spacial score (nSPS) is 22.9. The zero-order valence-corrected chi connectivity index (χ0v) is 17.9. The van der Waals surface area contributed by atoms with E-state index in [1.807, 2.05) is 30.3 Å². The molecule has 1 fully saturated rings. The minimum atomic E-state index is -3.83. The first kappa shape index (κ1) is 21.5. The van der Waals surface area contributed by atoms with Crippen LogP contribution in [-0.4, -0.2) is 13.3 Å². The maximum atomic E-state index is 13.2. The average Bonchev–Trinajstić information content (AvgIpc) is 2.68. The third-order valence-electron chi connectivity index (χ3n) is 6.08. The van der Waals surface area contributed by atoms with E-state index in [0.29, 0.717) is 18.8 Å². The Kier molecular flexibility index (Phi) is 5.83. The summed E-state index contributed by atoms with van der Waals surface area (Å²) in [6, 6.07) is 14.7. The van der Waals surface area contributed by atoms with Gasteiger partial charge in [-0.1, -0.05) is 51.1 Å². The van der Waals surface area contributed by atoms with Gasteiger partial charge in [-0.15, -0.1) is 0 Å². The summed E-state index contributed by atoms with van der Waals surface area (Å²) in [6.07, 6.45) is 3.29. The second-order valence-corrected chi connectivity index (χ2v) is 10.6. The summed E-state index contributed by atoms with van der Waals surface area (Å²) in [7, 11) is -3.83. The van der Waals surface area contributed by atoms with Gasteiger partial charge in [0, 0.05) is 12.1 Å². The number of sulfonamides is 1. The van der Waals surface area contributed by atoms with Crippen LogP contribution in [0.15, 0.2) is 59.5 Å². The number of nitro groups is 1. The maximum absolute atomic E-state index is 13.2. The van der Waals surface area contributed by atoms with Crippen LogP contribution in [0.2, 0.25) is 0 Å². The van der Waals surface area contributed by atoms with Gasteiger partial charge in [-0.2, -0.15) is 0 Å². The van der Waals surface area contributed by atoms with E-state index in [-0.39, 0.29) is 16.0 Å². The van der Waals surface area contributed by atoms with Crippen molar-refractivity contribution in [3.8, 4) is 0 Å². The molecular formula is C22H28N2O4S. The van der Waals surface area contributed by atoms with Crippen LogP contribution >= 0.6 is 0 Å². The lowest BCUT2D eigenvalue weighted by atomic mass is 9.66. The maximum Gasteiger partial charge on any atom is 0.269 e. The average molecular weight is 417 g/mol. The Morgan fingerprint density at radius 3 is 2.03 bits per heavy atom. The van der Waals surface area contributed by atoms with Crippen LogP contribution in [-0.2, 0) is 15.6 Å². The Morgan fingerprint density at radius 1 is 1.00 bits per heavy atom. The molecular weight excluding hydrogens is 388 g/mol. The van der Waals surface area contributed by atoms with Gasteiger partial charge in [-0.05, 0) is 54.7 Å². The Balaban J connectivity index is 1.93. The van der Waals surface area contributed by atoms with Crippen molar-refractivity contribution in [3.63, 3.8) is 0 Å². The zero-order chi connectivity index (χ0) is 21.3. The molecule has 0 aromatic heterocycles. The molecule has 0 unspecified atom stereocenters. The fourth-order valence-corrected chi connectivity index (χ4v) is 5.70. The van der Waals surface area contributed by atoms with E-state index in [1.165, 1.54) is 24.3 Å². The molecule has 0 atom stereocenters. The second kappa shape index (κ2) is 7.88. The van der Waals surface area contributed by atoms with Crippen LogP contribution in [0, 0.1) is 21.4 Å². The lowest BCUT2D eigenvalue weighted by Crippen LogP contribution is -2.49. The van der Waals surface area contributed by atoms with Crippen LogP contribution in [0.1, 0.15) is 52.0 Å². The van der Waals surface area contributed by atoms with E-state index in [0.717, 1.165) is 18.4 Å². The van der Waals surface area contributed by atoms with Gasteiger partial charge in [0.15, 0.2) is 0 Å². The number of rotatable bonds is 5. The molecule has 0 saturated heterocycles. The van der Waals surface area contributed by atoms with Crippen molar-refractivity contribution >= 4 is 15.7 Å². The first-order valence-electron chi connectivity index (χ1n) is 9.87. The van der Waals surface area contributed by atoms with Crippen molar-refractivity contribution in [1.29, 1.82) is 0 Å². The Bertz CT molecular complexity index is 956. The highest BCUT2D eigenvalue weighted by atomic mass is 32.2. The van der Waals surface area contributed by atoms with Crippen molar-refractivity contribution < 1.29 is 13.3 Å². The quantitative estimate of drug-likeness (QED) is 0.548. The van der Waals surface area contributed by atoms with Crippen molar-refractivity contribution in [2.45, 2.75) is 56.9 Å². The monoisotopic (exact) mass is 416 g/mol. The first-order chi connectivity index (χ1) is 13.5. The number of benzene rings is 2. The predicted octanol–water partition coefficient (Wildman–Crippen LogP) is 5.00. The molecule has 1 saturated carbocycles. The number of nitro benzene ring substituents is 1. The van der Waals surface area contributed by atoms with Crippen LogP contribution in [0.3, 0.4) is 0 Å². The van der Waals surface area contributed by atoms with E-state index >= 15 is 0 Å². The largest absolute Gasteiger partial charge is 0.269 e. The molecule has 0 radical (unpaired) electrons. The summed E-state index contributed by atoms with van der Waals surface area (Å²) >= 11 is 0. The Morgan fingerprint density at radius 2 is 1.55 bits per heavy atom. The molecule has 29 heavy (non-hydrogen) atoms. The number of hydrogen-bond acceptors (Lipinski definition) is 4. The summed E-state index contributed by atoms with van der Waals surface area (Å²) < 4.78 is 29.3. The van der Waals surface area contributed by atoms with Gasteiger partial charge in [-0.3, -0.25) is 10.1 Å². The molecule has 6 nitrogen and oxygen atoms in total. The molecule has 0 amide bonds. The highest BCUT2D eigenvalue weighted by molar-refractivity contribution is 7.89.